The lowest BCUT2D eigenvalue weighted by Crippen LogP contribution is -2.39. The maximum absolute atomic E-state index is 13.2. The fourth-order valence-corrected chi connectivity index (χ4v) is 3.97. The number of carbonyl (C=O) groups is 1. The van der Waals surface area contributed by atoms with Crippen LogP contribution in [0.2, 0.25) is 0 Å². The van der Waals surface area contributed by atoms with Crippen molar-refractivity contribution in [2.45, 2.75) is 18.8 Å². The predicted molar refractivity (Wildman–Crippen MR) is 120 cm³/mol. The molecule has 0 bridgehead atoms. The quantitative estimate of drug-likeness (QED) is 0.533. The van der Waals surface area contributed by atoms with E-state index in [1.807, 2.05) is 11.0 Å². The van der Waals surface area contributed by atoms with E-state index in [2.05, 4.69) is 10.1 Å². The molecule has 1 aliphatic rings. The van der Waals surface area contributed by atoms with Gasteiger partial charge in [-0.25, -0.2) is 0 Å². The third kappa shape index (κ3) is 4.72. The van der Waals surface area contributed by atoms with E-state index in [1.54, 1.807) is 58.8 Å². The number of hydrogen-bond donors (Lipinski definition) is 0. The topological polar surface area (TPSA) is 96.2 Å². The zero-order valence-electron chi connectivity index (χ0n) is 19.2. The van der Waals surface area contributed by atoms with Crippen LogP contribution < -0.4 is 18.9 Å². The van der Waals surface area contributed by atoms with Gasteiger partial charge in [0.1, 0.15) is 11.5 Å². The van der Waals surface area contributed by atoms with Gasteiger partial charge in [-0.15, -0.1) is 0 Å². The van der Waals surface area contributed by atoms with Crippen LogP contribution in [0.4, 0.5) is 0 Å². The molecule has 9 heteroatoms. The van der Waals surface area contributed by atoms with Crippen molar-refractivity contribution in [1.29, 1.82) is 0 Å². The van der Waals surface area contributed by atoms with Gasteiger partial charge in [0.25, 0.3) is 5.91 Å². The first-order chi connectivity index (χ1) is 16.1. The van der Waals surface area contributed by atoms with Crippen LogP contribution in [0.5, 0.6) is 23.0 Å². The van der Waals surface area contributed by atoms with Gasteiger partial charge in [0.05, 0.1) is 34.4 Å². The van der Waals surface area contributed by atoms with Crippen molar-refractivity contribution in [3.8, 4) is 34.4 Å². The molecule has 0 saturated carbocycles. The molecule has 0 spiro atoms. The smallest absolute Gasteiger partial charge is 0.254 e. The van der Waals surface area contributed by atoms with Crippen LogP contribution in [0.1, 0.15) is 35.0 Å². The van der Waals surface area contributed by atoms with Gasteiger partial charge in [0.2, 0.25) is 11.7 Å². The Hall–Kier alpha value is -3.75. The van der Waals surface area contributed by atoms with E-state index in [0.717, 1.165) is 18.4 Å². The number of rotatable bonds is 7. The highest BCUT2D eigenvalue weighted by molar-refractivity contribution is 5.95. The van der Waals surface area contributed by atoms with Crippen LogP contribution in [0, 0.1) is 0 Å². The van der Waals surface area contributed by atoms with Crippen molar-refractivity contribution in [1.82, 2.24) is 15.0 Å². The molecule has 33 heavy (non-hydrogen) atoms. The van der Waals surface area contributed by atoms with Crippen LogP contribution in [0.15, 0.2) is 40.9 Å². The maximum Gasteiger partial charge on any atom is 0.254 e. The lowest BCUT2D eigenvalue weighted by Gasteiger charge is -2.31. The molecular weight excluding hydrogens is 426 g/mol. The summed E-state index contributed by atoms with van der Waals surface area (Å²) in [5, 5.41) is 4.15. The number of carbonyl (C=O) groups excluding carboxylic acids is 1. The van der Waals surface area contributed by atoms with Gasteiger partial charge < -0.3 is 28.4 Å². The van der Waals surface area contributed by atoms with Crippen LogP contribution in [-0.2, 0) is 0 Å². The third-order valence-electron chi connectivity index (χ3n) is 5.74. The highest BCUT2D eigenvalue weighted by Crippen LogP contribution is 2.33. The normalized spacial score (nSPS) is 15.8. The Bertz CT molecular complexity index is 1110. The highest BCUT2D eigenvalue weighted by atomic mass is 16.5. The second-order valence-corrected chi connectivity index (χ2v) is 7.72. The van der Waals surface area contributed by atoms with Crippen molar-refractivity contribution in [3.05, 3.63) is 47.9 Å². The second-order valence-electron chi connectivity index (χ2n) is 7.72. The number of nitrogens with zero attached hydrogens (tertiary/aromatic N) is 3. The minimum absolute atomic E-state index is 0.0448. The van der Waals surface area contributed by atoms with E-state index in [-0.39, 0.29) is 11.8 Å². The summed E-state index contributed by atoms with van der Waals surface area (Å²) in [6.07, 6.45) is 1.70. The molecule has 0 unspecified atom stereocenters. The third-order valence-corrected chi connectivity index (χ3v) is 5.74. The molecular formula is C24H27N3O6. The first-order valence-corrected chi connectivity index (χ1v) is 10.6. The number of likely N-dealkylation sites (tertiary alicyclic amines) is 1. The Kier molecular flexibility index (Phi) is 6.67. The summed E-state index contributed by atoms with van der Waals surface area (Å²) < 4.78 is 26.8. The molecule has 2 heterocycles. The van der Waals surface area contributed by atoms with Crippen molar-refractivity contribution < 1.29 is 28.3 Å². The Balaban J connectivity index is 1.52. The summed E-state index contributed by atoms with van der Waals surface area (Å²) in [6.45, 7) is 1.15. The fourth-order valence-electron chi connectivity index (χ4n) is 3.97. The summed E-state index contributed by atoms with van der Waals surface area (Å²) in [6, 6.07) is 10.6. The summed E-state index contributed by atoms with van der Waals surface area (Å²) in [4.78, 5) is 19.6. The van der Waals surface area contributed by atoms with Gasteiger partial charge in [0, 0.05) is 30.3 Å². The Morgan fingerprint density at radius 1 is 0.970 bits per heavy atom. The van der Waals surface area contributed by atoms with Crippen molar-refractivity contribution in [3.63, 3.8) is 0 Å². The van der Waals surface area contributed by atoms with Gasteiger partial charge in [-0.3, -0.25) is 4.79 Å². The fraction of sp³-hybridized carbons (Fsp3) is 0.375. The molecule has 1 amide bonds. The molecule has 174 valence electrons. The average Bonchev–Trinajstić information content (AvgIpc) is 3.38. The van der Waals surface area contributed by atoms with Crippen LogP contribution in [0.3, 0.4) is 0 Å². The van der Waals surface area contributed by atoms with Crippen molar-refractivity contribution >= 4 is 5.91 Å². The summed E-state index contributed by atoms with van der Waals surface area (Å²) in [5.41, 5.74) is 1.28. The van der Waals surface area contributed by atoms with E-state index in [0.29, 0.717) is 53.4 Å². The van der Waals surface area contributed by atoms with Crippen LogP contribution in [0.25, 0.3) is 11.4 Å². The lowest BCUT2D eigenvalue weighted by atomic mass is 9.97. The molecule has 1 atom stereocenters. The molecule has 9 nitrogen and oxygen atoms in total. The Labute approximate surface area is 192 Å². The molecule has 1 fully saturated rings. The number of hydrogen-bond acceptors (Lipinski definition) is 8. The Morgan fingerprint density at radius 2 is 1.70 bits per heavy atom. The highest BCUT2D eigenvalue weighted by Gasteiger charge is 2.30. The summed E-state index contributed by atoms with van der Waals surface area (Å²) in [5.74, 6) is 3.20. The van der Waals surface area contributed by atoms with Crippen LogP contribution in [-0.4, -0.2) is 62.5 Å². The van der Waals surface area contributed by atoms with E-state index in [1.165, 1.54) is 0 Å². The van der Waals surface area contributed by atoms with Crippen LogP contribution >= 0.6 is 0 Å². The standard InChI is InChI=1S/C24H27N3O6/c1-29-18-10-17(11-19(13-18)30-2)24(28)27-9-5-6-16(14-27)23-25-22(26-33-23)15-7-8-20(31-3)21(12-15)32-4/h7-8,10-13,16H,5-6,9,14H2,1-4H3/t16-/m0/s1. The number of methoxy groups -OCH3 is 4. The maximum atomic E-state index is 13.2. The number of ether oxygens (including phenoxy) is 4. The number of aromatic nitrogens is 2. The predicted octanol–water partition coefficient (Wildman–Crippen LogP) is 3.79. The zero-order valence-corrected chi connectivity index (χ0v) is 19.2. The van der Waals surface area contributed by atoms with Crippen molar-refractivity contribution in [2.75, 3.05) is 41.5 Å². The summed E-state index contributed by atoms with van der Waals surface area (Å²) >= 11 is 0. The molecule has 3 aromatic rings. The first kappa shape index (κ1) is 22.4. The minimum atomic E-state index is -0.0865. The number of piperidine rings is 1. The van der Waals surface area contributed by atoms with E-state index in [4.69, 9.17) is 23.5 Å². The van der Waals surface area contributed by atoms with Crippen molar-refractivity contribution in [2.24, 2.45) is 0 Å². The van der Waals surface area contributed by atoms with Gasteiger partial charge in [-0.2, -0.15) is 4.98 Å². The van der Waals surface area contributed by atoms with Gasteiger partial charge >= 0.3 is 0 Å². The second kappa shape index (κ2) is 9.81. The number of benzene rings is 2. The number of amides is 1. The molecule has 1 aromatic heterocycles. The average molecular weight is 453 g/mol. The van der Waals surface area contributed by atoms with E-state index < -0.39 is 0 Å². The largest absolute Gasteiger partial charge is 0.497 e. The first-order valence-electron chi connectivity index (χ1n) is 10.6. The SMILES string of the molecule is COc1cc(OC)cc(C(=O)N2CCC[C@H](c3nc(-c4ccc(OC)c(OC)c4)no3)C2)c1. The molecule has 2 aromatic carbocycles. The van der Waals surface area contributed by atoms with E-state index >= 15 is 0 Å². The zero-order chi connectivity index (χ0) is 23.4. The molecule has 0 radical (unpaired) electrons. The molecule has 1 saturated heterocycles. The van der Waals surface area contributed by atoms with Gasteiger partial charge in [-0.05, 0) is 43.2 Å². The molecule has 0 N–H and O–H groups in total. The minimum Gasteiger partial charge on any atom is -0.497 e. The van der Waals surface area contributed by atoms with Gasteiger partial charge in [0.15, 0.2) is 11.5 Å². The molecule has 4 rings (SSSR count). The molecule has 1 aliphatic heterocycles. The van der Waals surface area contributed by atoms with Gasteiger partial charge in [-0.1, -0.05) is 5.16 Å². The van der Waals surface area contributed by atoms with E-state index in [9.17, 15) is 4.79 Å². The lowest BCUT2D eigenvalue weighted by molar-refractivity contribution is 0.0695. The monoisotopic (exact) mass is 453 g/mol. The Morgan fingerprint density at radius 3 is 2.36 bits per heavy atom. The molecule has 0 aliphatic carbocycles. The summed E-state index contributed by atoms with van der Waals surface area (Å²) in [7, 11) is 6.29.